The first-order valence-electron chi connectivity index (χ1n) is 5.98. The van der Waals surface area contributed by atoms with Gasteiger partial charge in [-0.25, -0.2) is 0 Å². The Kier molecular flexibility index (Phi) is 3.28. The number of ether oxygens (including phenoxy) is 1. The second kappa shape index (κ2) is 4.72. The number of rotatable bonds is 3. The van der Waals surface area contributed by atoms with Gasteiger partial charge in [-0.05, 0) is 24.6 Å². The number of methoxy groups -OCH3 is 1. The fourth-order valence-corrected chi connectivity index (χ4v) is 2.19. The summed E-state index contributed by atoms with van der Waals surface area (Å²) in [6.07, 6.45) is 1.78. The van der Waals surface area contributed by atoms with Crippen LogP contribution >= 0.6 is 0 Å². The van der Waals surface area contributed by atoms with Gasteiger partial charge in [-0.2, -0.15) is 0 Å². The molecule has 18 heavy (non-hydrogen) atoms. The molecule has 0 spiro atoms. The molecule has 1 aromatic carbocycles. The minimum atomic E-state index is -0.188. The van der Waals surface area contributed by atoms with Gasteiger partial charge >= 0.3 is 0 Å². The predicted octanol–water partition coefficient (Wildman–Crippen LogP) is 2.21. The van der Waals surface area contributed by atoms with Gasteiger partial charge in [0.2, 0.25) is 0 Å². The third-order valence-electron chi connectivity index (χ3n) is 3.17. The van der Waals surface area contributed by atoms with Crippen LogP contribution in [0.15, 0.2) is 23.0 Å². The second-order valence-electron chi connectivity index (χ2n) is 4.33. The van der Waals surface area contributed by atoms with Crippen LogP contribution in [0.4, 0.5) is 0 Å². The largest absolute Gasteiger partial charge is 0.507 e. The van der Waals surface area contributed by atoms with Gasteiger partial charge in [-0.15, -0.1) is 0 Å². The summed E-state index contributed by atoms with van der Waals surface area (Å²) in [4.78, 5) is 12.3. The highest BCUT2D eigenvalue weighted by molar-refractivity contribution is 5.92. The van der Waals surface area contributed by atoms with Crippen LogP contribution in [0.2, 0.25) is 0 Å². The van der Waals surface area contributed by atoms with E-state index in [0.29, 0.717) is 16.5 Å². The maximum absolute atomic E-state index is 12.3. The number of nitrogens with zero attached hydrogens (tertiary/aromatic N) is 1. The topological polar surface area (TPSA) is 51.5 Å². The average molecular weight is 247 g/mol. The fraction of sp³-hybridized carbons (Fsp3) is 0.357. The third-order valence-corrected chi connectivity index (χ3v) is 3.17. The molecule has 1 heterocycles. The first-order valence-corrected chi connectivity index (χ1v) is 5.98. The van der Waals surface area contributed by atoms with Crippen molar-refractivity contribution in [3.05, 3.63) is 34.2 Å². The van der Waals surface area contributed by atoms with Crippen molar-refractivity contribution >= 4 is 10.8 Å². The normalized spacial score (nSPS) is 10.8. The van der Waals surface area contributed by atoms with Gasteiger partial charge in [-0.1, -0.05) is 13.3 Å². The lowest BCUT2D eigenvalue weighted by Crippen LogP contribution is -2.20. The van der Waals surface area contributed by atoms with Gasteiger partial charge in [0, 0.05) is 18.1 Å². The van der Waals surface area contributed by atoms with E-state index >= 15 is 0 Å². The highest BCUT2D eigenvalue weighted by Crippen LogP contribution is 2.30. The molecule has 2 rings (SSSR count). The van der Waals surface area contributed by atoms with E-state index in [-0.39, 0.29) is 11.3 Å². The first kappa shape index (κ1) is 12.5. The van der Waals surface area contributed by atoms with Crippen molar-refractivity contribution in [1.29, 1.82) is 0 Å². The number of aryl methyl sites for hydroxylation is 1. The Morgan fingerprint density at radius 2 is 2.11 bits per heavy atom. The highest BCUT2D eigenvalue weighted by atomic mass is 16.5. The van der Waals surface area contributed by atoms with E-state index < -0.39 is 0 Å². The number of aromatic nitrogens is 1. The van der Waals surface area contributed by atoms with Crippen molar-refractivity contribution in [1.82, 2.24) is 4.57 Å². The van der Waals surface area contributed by atoms with Crippen LogP contribution in [-0.4, -0.2) is 16.8 Å². The number of phenolic OH excluding ortho intramolecular Hbond substituents is 1. The minimum Gasteiger partial charge on any atom is -0.507 e. The van der Waals surface area contributed by atoms with Gasteiger partial charge in [0.1, 0.15) is 11.5 Å². The van der Waals surface area contributed by atoms with Crippen LogP contribution in [-0.2, 0) is 13.5 Å². The van der Waals surface area contributed by atoms with Crippen molar-refractivity contribution in [3.63, 3.8) is 0 Å². The van der Waals surface area contributed by atoms with Crippen LogP contribution in [0.1, 0.15) is 19.0 Å². The average Bonchev–Trinajstić information content (AvgIpc) is 2.36. The number of pyridine rings is 1. The zero-order valence-electron chi connectivity index (χ0n) is 10.9. The van der Waals surface area contributed by atoms with E-state index in [4.69, 9.17) is 4.74 Å². The number of benzene rings is 1. The van der Waals surface area contributed by atoms with Gasteiger partial charge in [0.25, 0.3) is 5.56 Å². The maximum Gasteiger partial charge on any atom is 0.262 e. The molecule has 0 amide bonds. The molecule has 4 heteroatoms. The molecule has 0 aliphatic rings. The molecule has 0 aliphatic carbocycles. The molecule has 0 fully saturated rings. The Bertz CT molecular complexity index is 644. The molecule has 0 unspecified atom stereocenters. The van der Waals surface area contributed by atoms with Gasteiger partial charge in [-0.3, -0.25) is 4.79 Å². The molecule has 0 bridgehead atoms. The van der Waals surface area contributed by atoms with Crippen molar-refractivity contribution in [2.75, 3.05) is 7.11 Å². The van der Waals surface area contributed by atoms with E-state index in [9.17, 15) is 9.90 Å². The zero-order valence-corrected chi connectivity index (χ0v) is 10.9. The monoisotopic (exact) mass is 247 g/mol. The maximum atomic E-state index is 12.3. The Hall–Kier alpha value is -1.97. The smallest absolute Gasteiger partial charge is 0.262 e. The van der Waals surface area contributed by atoms with Crippen molar-refractivity contribution in [2.45, 2.75) is 19.8 Å². The lowest BCUT2D eigenvalue weighted by atomic mass is 10.1. The Balaban J connectivity index is 2.89. The second-order valence-corrected chi connectivity index (χ2v) is 4.33. The standard InChI is InChI=1S/C14H17NO3/c1-4-5-9-8-10-12(18-3)7-6-11(16)13(10)14(17)15(9)2/h6-8,16H,4-5H2,1-3H3. The summed E-state index contributed by atoms with van der Waals surface area (Å²) in [5.74, 6) is 0.604. The first-order chi connectivity index (χ1) is 8.60. The summed E-state index contributed by atoms with van der Waals surface area (Å²) in [7, 11) is 3.29. The Morgan fingerprint density at radius 3 is 2.72 bits per heavy atom. The minimum absolute atomic E-state index is 0.00514. The predicted molar refractivity (Wildman–Crippen MR) is 71.4 cm³/mol. The highest BCUT2D eigenvalue weighted by Gasteiger charge is 2.13. The number of phenols is 1. The van der Waals surface area contributed by atoms with Gasteiger partial charge in [0.15, 0.2) is 0 Å². The third kappa shape index (κ3) is 1.83. The van der Waals surface area contributed by atoms with E-state index in [1.807, 2.05) is 6.07 Å². The van der Waals surface area contributed by atoms with Gasteiger partial charge < -0.3 is 14.4 Å². The molecule has 0 aliphatic heterocycles. The quantitative estimate of drug-likeness (QED) is 0.904. The summed E-state index contributed by atoms with van der Waals surface area (Å²) in [6.45, 7) is 2.06. The van der Waals surface area contributed by atoms with Crippen LogP contribution < -0.4 is 10.3 Å². The Labute approximate surface area is 105 Å². The van der Waals surface area contributed by atoms with Crippen LogP contribution in [0.3, 0.4) is 0 Å². The summed E-state index contributed by atoms with van der Waals surface area (Å²) in [5.41, 5.74) is 0.756. The molecule has 4 nitrogen and oxygen atoms in total. The number of hydrogen-bond acceptors (Lipinski definition) is 3. The molecule has 0 saturated heterocycles. The summed E-state index contributed by atoms with van der Waals surface area (Å²) >= 11 is 0. The van der Waals surface area contributed by atoms with Gasteiger partial charge in [0.05, 0.1) is 12.5 Å². The molecule has 1 N–H and O–H groups in total. The lowest BCUT2D eigenvalue weighted by molar-refractivity contribution is 0.418. The van der Waals surface area contributed by atoms with Crippen molar-refractivity contribution in [3.8, 4) is 11.5 Å². The van der Waals surface area contributed by atoms with E-state index in [1.165, 1.54) is 6.07 Å². The van der Waals surface area contributed by atoms with Crippen molar-refractivity contribution in [2.24, 2.45) is 7.05 Å². The van der Waals surface area contributed by atoms with Crippen LogP contribution in [0, 0.1) is 0 Å². The van der Waals surface area contributed by atoms with E-state index in [1.54, 1.807) is 24.8 Å². The van der Waals surface area contributed by atoms with E-state index in [2.05, 4.69) is 6.92 Å². The number of hydrogen-bond donors (Lipinski definition) is 1. The Morgan fingerprint density at radius 1 is 1.39 bits per heavy atom. The lowest BCUT2D eigenvalue weighted by Gasteiger charge is -2.12. The zero-order chi connectivity index (χ0) is 13.3. The van der Waals surface area contributed by atoms with E-state index in [0.717, 1.165) is 18.5 Å². The summed E-state index contributed by atoms with van der Waals surface area (Å²) in [6, 6.07) is 5.08. The molecule has 1 aromatic heterocycles. The molecular formula is C14H17NO3. The summed E-state index contributed by atoms with van der Waals surface area (Å²) in [5, 5.41) is 10.8. The molecule has 2 aromatic rings. The van der Waals surface area contributed by atoms with Crippen LogP contribution in [0.25, 0.3) is 10.8 Å². The number of fused-ring (bicyclic) bond motifs is 1. The molecule has 96 valence electrons. The van der Waals surface area contributed by atoms with Crippen LogP contribution in [0.5, 0.6) is 11.5 Å². The number of aromatic hydroxyl groups is 1. The molecule has 0 radical (unpaired) electrons. The molecular weight excluding hydrogens is 230 g/mol. The van der Waals surface area contributed by atoms with Crippen molar-refractivity contribution < 1.29 is 9.84 Å². The SMILES string of the molecule is CCCc1cc2c(OC)ccc(O)c2c(=O)n1C. The molecule has 0 atom stereocenters. The molecule has 0 saturated carbocycles. The fourth-order valence-electron chi connectivity index (χ4n) is 2.19. The summed E-state index contributed by atoms with van der Waals surface area (Å²) < 4.78 is 6.84.